The molecule has 0 spiro atoms. The highest BCUT2D eigenvalue weighted by Gasteiger charge is 2.27. The van der Waals surface area contributed by atoms with Gasteiger partial charge in [0.2, 0.25) is 10.0 Å². The van der Waals surface area contributed by atoms with Crippen LogP contribution in [0.1, 0.15) is 23.2 Å². The van der Waals surface area contributed by atoms with Crippen LogP contribution < -0.4 is 10.0 Å². The van der Waals surface area contributed by atoms with Crippen LogP contribution in [0, 0.1) is 5.82 Å². The van der Waals surface area contributed by atoms with E-state index in [-0.39, 0.29) is 16.5 Å². The van der Waals surface area contributed by atoms with E-state index >= 15 is 0 Å². The quantitative estimate of drug-likeness (QED) is 0.640. The Morgan fingerprint density at radius 2 is 1.59 bits per heavy atom. The number of sulfonamides is 1. The normalized spacial score (nSPS) is 13.8. The average Bonchev–Trinajstić information content (AvgIpc) is 3.52. The molecule has 4 rings (SSSR count). The van der Waals surface area contributed by atoms with Crippen molar-refractivity contribution < 1.29 is 17.6 Å². The van der Waals surface area contributed by atoms with Gasteiger partial charge in [-0.15, -0.1) is 0 Å². The van der Waals surface area contributed by atoms with Crippen molar-refractivity contribution >= 4 is 21.6 Å². The van der Waals surface area contributed by atoms with E-state index in [1.54, 1.807) is 6.07 Å². The van der Waals surface area contributed by atoms with Gasteiger partial charge in [-0.3, -0.25) is 4.79 Å². The van der Waals surface area contributed by atoms with E-state index in [4.69, 9.17) is 0 Å². The van der Waals surface area contributed by atoms with Crippen LogP contribution in [0.4, 0.5) is 10.1 Å². The predicted octanol–water partition coefficient (Wildman–Crippen LogP) is 4.19. The van der Waals surface area contributed by atoms with E-state index in [1.807, 2.05) is 30.3 Å². The molecule has 0 atom stereocenters. The lowest BCUT2D eigenvalue weighted by molar-refractivity contribution is 0.102. The highest BCUT2D eigenvalue weighted by molar-refractivity contribution is 7.89. The zero-order chi connectivity index (χ0) is 20.4. The monoisotopic (exact) mass is 410 g/mol. The minimum Gasteiger partial charge on any atom is -0.322 e. The fourth-order valence-electron chi connectivity index (χ4n) is 2.91. The Morgan fingerprint density at radius 1 is 0.897 bits per heavy atom. The van der Waals surface area contributed by atoms with Crippen LogP contribution in [-0.2, 0) is 10.0 Å². The second kappa shape index (κ2) is 7.77. The van der Waals surface area contributed by atoms with E-state index in [0.717, 1.165) is 18.4 Å². The van der Waals surface area contributed by atoms with Gasteiger partial charge in [-0.05, 0) is 60.4 Å². The largest absolute Gasteiger partial charge is 0.322 e. The second-order valence-corrected chi connectivity index (χ2v) is 8.65. The van der Waals surface area contributed by atoms with Crippen molar-refractivity contribution in [3.05, 3.63) is 84.2 Å². The highest BCUT2D eigenvalue weighted by Crippen LogP contribution is 2.24. The van der Waals surface area contributed by atoms with Gasteiger partial charge in [0.05, 0.1) is 10.5 Å². The lowest BCUT2D eigenvalue weighted by atomic mass is 10.0. The fourth-order valence-corrected chi connectivity index (χ4v) is 4.22. The number of carbonyl (C=O) groups is 1. The summed E-state index contributed by atoms with van der Waals surface area (Å²) >= 11 is 0. The summed E-state index contributed by atoms with van der Waals surface area (Å²) in [6.45, 7) is 0. The van der Waals surface area contributed by atoms with Gasteiger partial charge in [0.15, 0.2) is 0 Å². The lowest BCUT2D eigenvalue weighted by Crippen LogP contribution is -2.25. The minimum atomic E-state index is -3.55. The van der Waals surface area contributed by atoms with Crippen molar-refractivity contribution in [1.82, 2.24) is 4.72 Å². The zero-order valence-corrected chi connectivity index (χ0v) is 16.2. The van der Waals surface area contributed by atoms with Gasteiger partial charge < -0.3 is 5.32 Å². The molecule has 0 bridgehead atoms. The average molecular weight is 410 g/mol. The number of hydrogen-bond donors (Lipinski definition) is 2. The third-order valence-corrected chi connectivity index (χ3v) is 6.18. The summed E-state index contributed by atoms with van der Waals surface area (Å²) < 4.78 is 41.4. The summed E-state index contributed by atoms with van der Waals surface area (Å²) in [5.74, 6) is -1.23. The van der Waals surface area contributed by atoms with E-state index in [2.05, 4.69) is 10.0 Å². The molecule has 0 unspecified atom stereocenters. The maximum absolute atomic E-state index is 14.5. The van der Waals surface area contributed by atoms with Crippen LogP contribution in [0.2, 0.25) is 0 Å². The number of anilines is 1. The summed E-state index contributed by atoms with van der Waals surface area (Å²) in [6, 6.07) is 19.6. The Bertz CT molecular complexity index is 1140. The molecule has 5 nitrogen and oxygen atoms in total. The Morgan fingerprint density at radius 3 is 2.21 bits per heavy atom. The van der Waals surface area contributed by atoms with Crippen molar-refractivity contribution in [2.24, 2.45) is 0 Å². The molecular formula is C22H19FN2O3S. The SMILES string of the molecule is O=C(Nc1ccc(S(=O)(=O)NC2CC2)cc1)c1ccc(-c2ccccc2)cc1F. The fraction of sp³-hybridized carbons (Fsp3) is 0.136. The zero-order valence-electron chi connectivity index (χ0n) is 15.4. The van der Waals surface area contributed by atoms with Gasteiger partial charge in [0, 0.05) is 11.7 Å². The first-order valence-corrected chi connectivity index (χ1v) is 10.7. The van der Waals surface area contributed by atoms with Crippen molar-refractivity contribution in [2.45, 2.75) is 23.8 Å². The molecular weight excluding hydrogens is 391 g/mol. The smallest absolute Gasteiger partial charge is 0.258 e. The van der Waals surface area contributed by atoms with Crippen molar-refractivity contribution in [1.29, 1.82) is 0 Å². The molecule has 7 heteroatoms. The molecule has 1 aliphatic rings. The molecule has 1 fully saturated rings. The highest BCUT2D eigenvalue weighted by atomic mass is 32.2. The molecule has 2 N–H and O–H groups in total. The molecule has 1 saturated carbocycles. The van der Waals surface area contributed by atoms with Gasteiger partial charge >= 0.3 is 0 Å². The van der Waals surface area contributed by atoms with Crippen LogP contribution in [-0.4, -0.2) is 20.4 Å². The molecule has 0 saturated heterocycles. The molecule has 0 heterocycles. The molecule has 29 heavy (non-hydrogen) atoms. The Balaban J connectivity index is 1.48. The first-order valence-electron chi connectivity index (χ1n) is 9.21. The van der Waals surface area contributed by atoms with Gasteiger partial charge in [0.25, 0.3) is 5.91 Å². The number of nitrogens with one attached hydrogen (secondary N) is 2. The van der Waals surface area contributed by atoms with Gasteiger partial charge in [-0.2, -0.15) is 0 Å². The summed E-state index contributed by atoms with van der Waals surface area (Å²) in [6.07, 6.45) is 1.70. The summed E-state index contributed by atoms with van der Waals surface area (Å²) in [5.41, 5.74) is 1.83. The van der Waals surface area contributed by atoms with Gasteiger partial charge in [0.1, 0.15) is 5.82 Å². The Hall–Kier alpha value is -3.03. The third kappa shape index (κ3) is 4.52. The minimum absolute atomic E-state index is 0.0150. The van der Waals surface area contributed by atoms with Crippen molar-refractivity contribution in [3.8, 4) is 11.1 Å². The summed E-state index contributed by atoms with van der Waals surface area (Å²) in [5, 5.41) is 2.60. The number of carbonyl (C=O) groups excluding carboxylic acids is 1. The molecule has 0 aromatic heterocycles. The molecule has 1 aliphatic carbocycles. The van der Waals surface area contributed by atoms with Crippen molar-refractivity contribution in [3.63, 3.8) is 0 Å². The van der Waals surface area contributed by atoms with Crippen LogP contribution in [0.3, 0.4) is 0 Å². The van der Waals surface area contributed by atoms with E-state index in [1.165, 1.54) is 36.4 Å². The molecule has 3 aromatic carbocycles. The number of hydrogen-bond acceptors (Lipinski definition) is 3. The van der Waals surface area contributed by atoms with Gasteiger partial charge in [-0.25, -0.2) is 17.5 Å². The number of halogens is 1. The maximum atomic E-state index is 14.5. The number of benzene rings is 3. The summed E-state index contributed by atoms with van der Waals surface area (Å²) in [4.78, 5) is 12.6. The Labute approximate surface area is 168 Å². The maximum Gasteiger partial charge on any atom is 0.258 e. The first kappa shape index (κ1) is 19.3. The van der Waals surface area contributed by atoms with E-state index in [9.17, 15) is 17.6 Å². The Kier molecular flexibility index (Phi) is 5.17. The number of amides is 1. The van der Waals surface area contributed by atoms with Gasteiger partial charge in [-0.1, -0.05) is 36.4 Å². The second-order valence-electron chi connectivity index (χ2n) is 6.93. The van der Waals surface area contributed by atoms with E-state index < -0.39 is 21.7 Å². The van der Waals surface area contributed by atoms with E-state index in [0.29, 0.717) is 11.3 Å². The van der Waals surface area contributed by atoms with Crippen LogP contribution in [0.5, 0.6) is 0 Å². The third-order valence-electron chi connectivity index (χ3n) is 4.64. The van der Waals surface area contributed by atoms with Crippen LogP contribution in [0.25, 0.3) is 11.1 Å². The molecule has 0 radical (unpaired) electrons. The molecule has 0 aliphatic heterocycles. The predicted molar refractivity (Wildman–Crippen MR) is 110 cm³/mol. The molecule has 1 amide bonds. The van der Waals surface area contributed by atoms with Crippen molar-refractivity contribution in [2.75, 3.05) is 5.32 Å². The molecule has 3 aromatic rings. The standard InChI is InChI=1S/C22H19FN2O3S/c23-21-14-16(15-4-2-1-3-5-15)6-13-20(21)22(26)24-17-9-11-19(12-10-17)29(27,28)25-18-7-8-18/h1-6,9-14,18,25H,7-8H2,(H,24,26). The molecule has 148 valence electrons. The first-order chi connectivity index (χ1) is 13.9. The number of rotatable bonds is 6. The van der Waals surface area contributed by atoms with Crippen LogP contribution in [0.15, 0.2) is 77.7 Å². The lowest BCUT2D eigenvalue weighted by Gasteiger charge is -2.09. The topological polar surface area (TPSA) is 75.3 Å². The van der Waals surface area contributed by atoms with Crippen LogP contribution >= 0.6 is 0 Å². The summed E-state index contributed by atoms with van der Waals surface area (Å²) in [7, 11) is -3.55.